The van der Waals surface area contributed by atoms with Crippen molar-refractivity contribution in [1.29, 1.82) is 0 Å². The predicted molar refractivity (Wildman–Crippen MR) is 154 cm³/mol. The molecule has 11 heteroatoms. The number of benzene rings is 2. The van der Waals surface area contributed by atoms with Crippen LogP contribution in [0.3, 0.4) is 0 Å². The number of nitrogens with zero attached hydrogens (tertiary/aromatic N) is 2. The van der Waals surface area contributed by atoms with Crippen molar-refractivity contribution in [3.05, 3.63) is 72.6 Å². The van der Waals surface area contributed by atoms with Crippen molar-refractivity contribution in [2.45, 2.75) is 42.4 Å². The third kappa shape index (κ3) is 4.85. The number of thiazole rings is 1. The van der Waals surface area contributed by atoms with Crippen LogP contribution in [0, 0.1) is 12.8 Å². The van der Waals surface area contributed by atoms with Gasteiger partial charge in [-0.05, 0) is 56.5 Å². The second-order valence-corrected chi connectivity index (χ2v) is 13.1. The Morgan fingerprint density at radius 3 is 2.54 bits per heavy atom. The zero-order valence-electron chi connectivity index (χ0n) is 21.1. The number of likely N-dealkylation sites (tertiary alicyclic amines) is 1. The van der Waals surface area contributed by atoms with Crippen LogP contribution >= 0.6 is 39.0 Å². The second kappa shape index (κ2) is 10.6. The zero-order valence-corrected chi connectivity index (χ0v) is 24.4. The molecule has 2 aromatic carbocycles. The molecule has 202 valence electrons. The van der Waals surface area contributed by atoms with E-state index in [0.717, 1.165) is 53.7 Å². The Morgan fingerprint density at radius 1 is 1.05 bits per heavy atom. The molecule has 2 saturated heterocycles. The lowest BCUT2D eigenvalue weighted by atomic mass is 9.82. The smallest absolute Gasteiger partial charge is 0.305 e. The van der Waals surface area contributed by atoms with Gasteiger partial charge in [0, 0.05) is 33.9 Å². The fourth-order valence-corrected chi connectivity index (χ4v) is 8.45. The Kier molecular flexibility index (Phi) is 7.15. The van der Waals surface area contributed by atoms with Gasteiger partial charge >= 0.3 is 4.87 Å². The SMILES string of the molecule is Cc1ccc(N2C(=O)C3Sc4[nH]c(=O)sc4C(c4cc(Br)ccc4OCC(=O)N4CCCCC4)C3C2=O)cc1. The molecule has 1 aromatic heterocycles. The van der Waals surface area contributed by atoms with E-state index >= 15 is 0 Å². The molecule has 3 amide bonds. The molecule has 1 N–H and O–H groups in total. The monoisotopic (exact) mass is 627 g/mol. The van der Waals surface area contributed by atoms with Crippen molar-refractivity contribution in [3.8, 4) is 5.75 Å². The molecular weight excluding hydrogens is 602 g/mol. The van der Waals surface area contributed by atoms with E-state index in [4.69, 9.17) is 4.74 Å². The van der Waals surface area contributed by atoms with Crippen LogP contribution < -0.4 is 14.5 Å². The van der Waals surface area contributed by atoms with Gasteiger partial charge in [-0.25, -0.2) is 4.90 Å². The molecule has 0 bridgehead atoms. The predicted octanol–water partition coefficient (Wildman–Crippen LogP) is 4.69. The third-order valence-electron chi connectivity index (χ3n) is 7.48. The summed E-state index contributed by atoms with van der Waals surface area (Å²) in [7, 11) is 0. The lowest BCUT2D eigenvalue weighted by Gasteiger charge is -2.31. The Morgan fingerprint density at radius 2 is 1.79 bits per heavy atom. The highest BCUT2D eigenvalue weighted by Gasteiger charge is 2.56. The number of amides is 3. The molecule has 6 rings (SSSR count). The molecule has 3 atom stereocenters. The van der Waals surface area contributed by atoms with Crippen LogP contribution in [0.15, 0.2) is 56.8 Å². The summed E-state index contributed by atoms with van der Waals surface area (Å²) in [5.74, 6) is -1.57. The number of hydrogen-bond donors (Lipinski definition) is 1. The van der Waals surface area contributed by atoms with E-state index in [1.165, 1.54) is 16.7 Å². The lowest BCUT2D eigenvalue weighted by Crippen LogP contribution is -2.38. The molecule has 0 spiro atoms. The number of H-pyrrole nitrogens is 1. The maximum absolute atomic E-state index is 14.0. The summed E-state index contributed by atoms with van der Waals surface area (Å²) in [6, 6.07) is 12.7. The standard InChI is InChI=1S/C28H26BrN3O5S2/c1-15-5-8-17(9-6-15)32-26(34)22-21(23-25(30-28(36)39-23)38-24(22)27(32)35)18-13-16(29)7-10-19(18)37-14-20(33)31-11-3-2-4-12-31/h5-10,13,21-22,24H,2-4,11-12,14H2,1H3,(H,30,36). The van der Waals surface area contributed by atoms with E-state index in [1.807, 2.05) is 36.1 Å². The quantitative estimate of drug-likeness (QED) is 0.412. The minimum absolute atomic E-state index is 0.0784. The number of aryl methyl sites for hydroxylation is 1. The van der Waals surface area contributed by atoms with Gasteiger partial charge in [0.2, 0.25) is 11.8 Å². The van der Waals surface area contributed by atoms with Crippen LogP contribution in [0.5, 0.6) is 5.75 Å². The van der Waals surface area contributed by atoms with Crippen LogP contribution in [0.1, 0.15) is 41.2 Å². The fourth-order valence-electron chi connectivity index (χ4n) is 5.57. The highest BCUT2D eigenvalue weighted by Crippen LogP contribution is 2.54. The van der Waals surface area contributed by atoms with E-state index in [2.05, 4.69) is 20.9 Å². The minimum Gasteiger partial charge on any atom is -0.483 e. The third-order valence-corrected chi connectivity index (χ3v) is 10.4. The number of aromatic amines is 1. The number of hydrogen-bond acceptors (Lipinski definition) is 7. The Hall–Kier alpha value is -2.89. The summed E-state index contributed by atoms with van der Waals surface area (Å²) in [4.78, 5) is 59.4. The number of nitrogens with one attached hydrogen (secondary N) is 1. The average molecular weight is 629 g/mol. The van der Waals surface area contributed by atoms with Gasteiger partial charge in [-0.3, -0.25) is 19.2 Å². The number of carbonyl (C=O) groups excluding carboxylic acids is 3. The van der Waals surface area contributed by atoms with Crippen molar-refractivity contribution in [2.75, 3.05) is 24.6 Å². The van der Waals surface area contributed by atoms with Gasteiger partial charge in [-0.15, -0.1) is 0 Å². The van der Waals surface area contributed by atoms with Crippen molar-refractivity contribution >= 4 is 62.4 Å². The summed E-state index contributed by atoms with van der Waals surface area (Å²) in [6.45, 7) is 3.28. The van der Waals surface area contributed by atoms with Crippen LogP contribution in [0.4, 0.5) is 5.69 Å². The maximum Gasteiger partial charge on any atom is 0.305 e. The highest BCUT2D eigenvalue weighted by atomic mass is 79.9. The minimum atomic E-state index is -0.739. The van der Waals surface area contributed by atoms with Crippen molar-refractivity contribution in [3.63, 3.8) is 0 Å². The topological polar surface area (TPSA) is 99.8 Å². The van der Waals surface area contributed by atoms with Crippen molar-refractivity contribution in [2.24, 2.45) is 5.92 Å². The zero-order chi connectivity index (χ0) is 27.3. The molecule has 0 radical (unpaired) electrons. The van der Waals surface area contributed by atoms with Gasteiger partial charge in [0.1, 0.15) is 11.0 Å². The molecule has 3 unspecified atom stereocenters. The molecule has 0 saturated carbocycles. The second-order valence-electron chi connectivity index (χ2n) is 10.0. The Bertz CT molecular complexity index is 1510. The number of aromatic nitrogens is 1. The maximum atomic E-state index is 14.0. The number of imide groups is 1. The van der Waals surface area contributed by atoms with E-state index in [0.29, 0.717) is 26.9 Å². The highest BCUT2D eigenvalue weighted by molar-refractivity contribution is 9.10. The molecule has 0 aliphatic carbocycles. The first-order chi connectivity index (χ1) is 18.8. The number of rotatable bonds is 5. The summed E-state index contributed by atoms with van der Waals surface area (Å²) in [6.07, 6.45) is 3.10. The fraction of sp³-hybridized carbons (Fsp3) is 0.357. The summed E-state index contributed by atoms with van der Waals surface area (Å²) < 4.78 is 6.87. The number of anilines is 1. The van der Waals surface area contributed by atoms with Crippen LogP contribution in [0.25, 0.3) is 0 Å². The van der Waals surface area contributed by atoms with Gasteiger partial charge in [0.05, 0.1) is 16.6 Å². The van der Waals surface area contributed by atoms with Gasteiger partial charge < -0.3 is 14.6 Å². The number of thioether (sulfide) groups is 1. The average Bonchev–Trinajstić information content (AvgIpc) is 3.43. The number of piperidine rings is 1. The molecule has 2 fully saturated rings. The number of halogens is 1. The van der Waals surface area contributed by atoms with E-state index in [9.17, 15) is 19.2 Å². The first-order valence-corrected chi connectivity index (χ1v) is 15.3. The molecule has 3 aliphatic heterocycles. The molecule has 8 nitrogen and oxygen atoms in total. The largest absolute Gasteiger partial charge is 0.483 e. The van der Waals surface area contributed by atoms with E-state index in [-0.39, 0.29) is 29.2 Å². The summed E-state index contributed by atoms with van der Waals surface area (Å²) in [5, 5.41) is -0.109. The van der Waals surface area contributed by atoms with Crippen LogP contribution in [-0.2, 0) is 14.4 Å². The molecular formula is C28H26BrN3O5S2. The first kappa shape index (κ1) is 26.3. The first-order valence-electron chi connectivity index (χ1n) is 12.9. The van der Waals surface area contributed by atoms with Crippen molar-refractivity contribution in [1.82, 2.24) is 9.88 Å². The number of fused-ring (bicyclic) bond motifs is 2. The Balaban J connectivity index is 1.39. The van der Waals surface area contributed by atoms with Gasteiger partial charge in [0.25, 0.3) is 5.91 Å². The van der Waals surface area contributed by atoms with E-state index < -0.39 is 17.1 Å². The van der Waals surface area contributed by atoms with Gasteiger partial charge in [-0.1, -0.05) is 56.7 Å². The van der Waals surface area contributed by atoms with Gasteiger partial charge in [0.15, 0.2) is 6.61 Å². The Labute approximate surface area is 241 Å². The summed E-state index contributed by atoms with van der Waals surface area (Å²) >= 11 is 5.82. The number of ether oxygens (including phenoxy) is 1. The normalized spacial score (nSPS) is 22.6. The number of carbonyl (C=O) groups is 3. The van der Waals surface area contributed by atoms with Gasteiger partial charge in [-0.2, -0.15) is 0 Å². The molecule has 4 heterocycles. The molecule has 39 heavy (non-hydrogen) atoms. The van der Waals surface area contributed by atoms with Crippen molar-refractivity contribution < 1.29 is 19.1 Å². The molecule has 3 aromatic rings. The lowest BCUT2D eigenvalue weighted by molar-refractivity contribution is -0.134. The molecule has 3 aliphatic rings. The van der Waals surface area contributed by atoms with Crippen LogP contribution in [0.2, 0.25) is 0 Å². The summed E-state index contributed by atoms with van der Waals surface area (Å²) in [5.41, 5.74) is 2.21. The van der Waals surface area contributed by atoms with E-state index in [1.54, 1.807) is 18.2 Å². The van der Waals surface area contributed by atoms with Crippen LogP contribution in [-0.4, -0.2) is 52.6 Å².